The fourth-order valence-electron chi connectivity index (χ4n) is 5.39. The van der Waals surface area contributed by atoms with Crippen molar-refractivity contribution < 1.29 is 36.2 Å². The molecule has 0 aliphatic heterocycles. The minimum Gasteiger partial charge on any atom is -0.491 e. The van der Waals surface area contributed by atoms with Crippen molar-refractivity contribution in [2.45, 2.75) is 70.3 Å². The van der Waals surface area contributed by atoms with E-state index in [1.165, 1.54) is 30.3 Å². The van der Waals surface area contributed by atoms with Crippen LogP contribution in [0, 0.1) is 34.9 Å². The molecule has 0 aromatic heterocycles. The number of hydrogen-bond donors (Lipinski definition) is 1. The number of aliphatic hydroxyl groups excluding tert-OH is 1. The Morgan fingerprint density at radius 1 is 0.684 bits per heavy atom. The Morgan fingerprint density at radius 3 is 1.74 bits per heavy atom. The van der Waals surface area contributed by atoms with Gasteiger partial charge in [0.2, 0.25) is 5.82 Å². The summed E-state index contributed by atoms with van der Waals surface area (Å²) in [6.45, 7) is 3.56. The Morgan fingerprint density at radius 2 is 1.18 bits per heavy atom. The van der Waals surface area contributed by atoms with Crippen LogP contribution >= 0.6 is 0 Å². The Bertz CT molecular complexity index is 1300. The smallest absolute Gasteiger partial charge is 0.201 e. The second-order valence-electron chi connectivity index (χ2n) is 9.73. The first kappa shape index (κ1) is 28.0. The molecule has 0 spiro atoms. The third kappa shape index (κ3) is 5.28. The summed E-state index contributed by atoms with van der Waals surface area (Å²) in [4.78, 5) is 0. The predicted octanol–water partition coefficient (Wildman–Crippen LogP) is 8.86. The van der Waals surface area contributed by atoms with E-state index in [0.29, 0.717) is 38.5 Å². The molecular formula is C30H30F6O2. The third-order valence-electron chi connectivity index (χ3n) is 7.42. The number of benzene rings is 3. The molecule has 2 nitrogen and oxygen atoms in total. The Labute approximate surface area is 218 Å². The summed E-state index contributed by atoms with van der Waals surface area (Å²) in [6.07, 6.45) is 1.55. The molecule has 0 saturated heterocycles. The van der Waals surface area contributed by atoms with Gasteiger partial charge in [-0.1, -0.05) is 37.6 Å². The SMILES string of the molecule is CCCC(O)c1ccc(C2CCC(c3ccc(-c4ccc(OCC)c(F)c4F)c(F)c3F)CC2)c(F)c1F. The lowest BCUT2D eigenvalue weighted by Crippen LogP contribution is -2.16. The highest BCUT2D eigenvalue weighted by atomic mass is 19.2. The highest BCUT2D eigenvalue weighted by molar-refractivity contribution is 5.66. The van der Waals surface area contributed by atoms with Gasteiger partial charge in [-0.15, -0.1) is 0 Å². The van der Waals surface area contributed by atoms with Crippen LogP contribution in [0.1, 0.15) is 87.0 Å². The normalized spacial score (nSPS) is 18.4. The van der Waals surface area contributed by atoms with Crippen LogP contribution in [0.3, 0.4) is 0 Å². The average Bonchev–Trinajstić information content (AvgIpc) is 2.91. The molecule has 1 fully saturated rings. The molecule has 38 heavy (non-hydrogen) atoms. The summed E-state index contributed by atoms with van der Waals surface area (Å²) >= 11 is 0. The molecule has 0 radical (unpaired) electrons. The summed E-state index contributed by atoms with van der Waals surface area (Å²) < 4.78 is 93.6. The quantitative estimate of drug-likeness (QED) is 0.292. The van der Waals surface area contributed by atoms with Gasteiger partial charge in [-0.2, -0.15) is 4.39 Å². The fourth-order valence-corrected chi connectivity index (χ4v) is 5.39. The third-order valence-corrected chi connectivity index (χ3v) is 7.42. The summed E-state index contributed by atoms with van der Waals surface area (Å²) in [6, 6.07) is 7.83. The molecule has 1 unspecified atom stereocenters. The van der Waals surface area contributed by atoms with E-state index in [1.54, 1.807) is 6.92 Å². The molecule has 0 amide bonds. The van der Waals surface area contributed by atoms with Crippen LogP contribution in [0.5, 0.6) is 5.75 Å². The summed E-state index contributed by atoms with van der Waals surface area (Å²) in [5.74, 6) is -8.02. The maximum Gasteiger partial charge on any atom is 0.201 e. The highest BCUT2D eigenvalue weighted by Crippen LogP contribution is 2.44. The summed E-state index contributed by atoms with van der Waals surface area (Å²) in [5, 5.41) is 10.1. The van der Waals surface area contributed by atoms with E-state index in [-0.39, 0.29) is 40.9 Å². The lowest BCUT2D eigenvalue weighted by molar-refractivity contribution is 0.160. The molecular weight excluding hydrogens is 506 g/mol. The van der Waals surface area contributed by atoms with E-state index in [9.17, 15) is 22.7 Å². The second kappa shape index (κ2) is 11.8. The zero-order valence-corrected chi connectivity index (χ0v) is 21.3. The summed E-state index contributed by atoms with van der Waals surface area (Å²) in [5.41, 5.74) is -0.558. The number of ether oxygens (including phenoxy) is 1. The van der Waals surface area contributed by atoms with Crippen molar-refractivity contribution in [2.24, 2.45) is 0 Å². The Balaban J connectivity index is 1.52. The van der Waals surface area contributed by atoms with Crippen LogP contribution in [0.15, 0.2) is 36.4 Å². The zero-order valence-electron chi connectivity index (χ0n) is 21.3. The van der Waals surface area contributed by atoms with Gasteiger partial charge in [0.15, 0.2) is 34.8 Å². The minimum absolute atomic E-state index is 0.0664. The van der Waals surface area contributed by atoms with Crippen LogP contribution in [0.2, 0.25) is 0 Å². The van der Waals surface area contributed by atoms with Gasteiger partial charge in [-0.3, -0.25) is 0 Å². The first-order valence-corrected chi connectivity index (χ1v) is 12.9. The van der Waals surface area contributed by atoms with Crippen LogP contribution in [-0.4, -0.2) is 11.7 Å². The standard InChI is InChI=1S/C30H30F6O2/c1-3-5-23(37)22-13-11-19(26(32)29(22)35)17-8-6-16(7-9-17)18-10-12-20(27(33)25(18)31)21-14-15-24(38-4-2)30(36)28(21)34/h10-17,23,37H,3-9H2,1-2H3. The van der Waals surface area contributed by atoms with Crippen molar-refractivity contribution in [1.82, 2.24) is 0 Å². The number of rotatable bonds is 8. The number of hydrogen-bond acceptors (Lipinski definition) is 2. The summed E-state index contributed by atoms with van der Waals surface area (Å²) in [7, 11) is 0. The van der Waals surface area contributed by atoms with Gasteiger partial charge in [0.25, 0.3) is 0 Å². The Kier molecular flexibility index (Phi) is 8.71. The lowest BCUT2D eigenvalue weighted by atomic mass is 9.75. The van der Waals surface area contributed by atoms with Gasteiger partial charge in [-0.05, 0) is 74.1 Å². The van der Waals surface area contributed by atoms with Gasteiger partial charge in [0, 0.05) is 16.7 Å². The fraction of sp³-hybridized carbons (Fsp3) is 0.400. The van der Waals surface area contributed by atoms with Crippen LogP contribution < -0.4 is 4.74 Å². The molecule has 1 aliphatic rings. The molecule has 0 bridgehead atoms. The van der Waals surface area contributed by atoms with Crippen molar-refractivity contribution in [1.29, 1.82) is 0 Å². The zero-order chi connectivity index (χ0) is 27.6. The Hall–Kier alpha value is -3.00. The number of aliphatic hydroxyl groups is 1. The van der Waals surface area contributed by atoms with Crippen LogP contribution in [0.25, 0.3) is 11.1 Å². The monoisotopic (exact) mass is 536 g/mol. The van der Waals surface area contributed by atoms with E-state index in [4.69, 9.17) is 4.74 Å². The molecule has 4 rings (SSSR count). The maximum absolute atomic E-state index is 15.1. The lowest BCUT2D eigenvalue weighted by Gasteiger charge is -2.30. The van der Waals surface area contributed by atoms with E-state index in [1.807, 2.05) is 6.92 Å². The largest absolute Gasteiger partial charge is 0.491 e. The molecule has 8 heteroatoms. The van der Waals surface area contributed by atoms with E-state index < -0.39 is 52.1 Å². The van der Waals surface area contributed by atoms with E-state index in [0.717, 1.165) is 6.07 Å². The maximum atomic E-state index is 15.1. The first-order chi connectivity index (χ1) is 18.2. The molecule has 3 aromatic rings. The van der Waals surface area contributed by atoms with Crippen LogP contribution in [0.4, 0.5) is 26.3 Å². The minimum atomic E-state index is -1.33. The van der Waals surface area contributed by atoms with Crippen molar-refractivity contribution in [2.75, 3.05) is 6.61 Å². The molecule has 1 saturated carbocycles. The molecule has 3 aromatic carbocycles. The van der Waals surface area contributed by atoms with Gasteiger partial charge in [0.1, 0.15) is 0 Å². The van der Waals surface area contributed by atoms with E-state index >= 15 is 8.78 Å². The van der Waals surface area contributed by atoms with Crippen molar-refractivity contribution in [3.05, 3.63) is 88.0 Å². The molecule has 1 atom stereocenters. The van der Waals surface area contributed by atoms with Crippen LogP contribution in [-0.2, 0) is 0 Å². The van der Waals surface area contributed by atoms with E-state index in [2.05, 4.69) is 0 Å². The van der Waals surface area contributed by atoms with Crippen molar-refractivity contribution >= 4 is 0 Å². The average molecular weight is 537 g/mol. The number of halogens is 6. The molecule has 1 N–H and O–H groups in total. The van der Waals surface area contributed by atoms with Crippen molar-refractivity contribution in [3.63, 3.8) is 0 Å². The van der Waals surface area contributed by atoms with Gasteiger partial charge in [0.05, 0.1) is 12.7 Å². The molecule has 1 aliphatic carbocycles. The molecule has 0 heterocycles. The van der Waals surface area contributed by atoms with Gasteiger partial charge < -0.3 is 9.84 Å². The highest BCUT2D eigenvalue weighted by Gasteiger charge is 2.30. The molecule has 204 valence electrons. The van der Waals surface area contributed by atoms with Gasteiger partial charge in [-0.25, -0.2) is 22.0 Å². The second-order valence-corrected chi connectivity index (χ2v) is 9.73. The van der Waals surface area contributed by atoms with Crippen molar-refractivity contribution in [3.8, 4) is 16.9 Å². The topological polar surface area (TPSA) is 29.5 Å². The first-order valence-electron chi connectivity index (χ1n) is 12.9. The predicted molar refractivity (Wildman–Crippen MR) is 133 cm³/mol. The van der Waals surface area contributed by atoms with Gasteiger partial charge >= 0.3 is 0 Å².